The molecule has 2 atom stereocenters. The molecule has 1 aliphatic heterocycles. The summed E-state index contributed by atoms with van der Waals surface area (Å²) in [5.41, 5.74) is 2.53. The Labute approximate surface area is 108 Å². The number of nitrogens with one attached hydrogen (secondary N) is 1. The van der Waals surface area contributed by atoms with Crippen molar-refractivity contribution in [2.75, 3.05) is 19.0 Å². The van der Waals surface area contributed by atoms with Gasteiger partial charge < -0.3 is 14.8 Å². The zero-order chi connectivity index (χ0) is 12.4. The summed E-state index contributed by atoms with van der Waals surface area (Å²) in [4.78, 5) is 0. The Kier molecular flexibility index (Phi) is 3.41. The molecule has 0 amide bonds. The summed E-state index contributed by atoms with van der Waals surface area (Å²) < 4.78 is 11.1. The predicted molar refractivity (Wildman–Crippen MR) is 72.3 cm³/mol. The zero-order valence-electron chi connectivity index (χ0n) is 10.9. The molecule has 1 fully saturated rings. The van der Waals surface area contributed by atoms with E-state index in [1.165, 1.54) is 36.9 Å². The summed E-state index contributed by atoms with van der Waals surface area (Å²) in [5.74, 6) is 1.05. The smallest absolute Gasteiger partial charge is 0.122 e. The van der Waals surface area contributed by atoms with Crippen LogP contribution in [0.25, 0.3) is 0 Å². The fraction of sp³-hybridized carbons (Fsp3) is 0.600. The summed E-state index contributed by atoms with van der Waals surface area (Å²) >= 11 is 0. The van der Waals surface area contributed by atoms with Gasteiger partial charge in [-0.15, -0.1) is 0 Å². The van der Waals surface area contributed by atoms with Gasteiger partial charge in [0.25, 0.3) is 0 Å². The van der Waals surface area contributed by atoms with Crippen LogP contribution in [0.1, 0.15) is 31.2 Å². The minimum atomic E-state index is 0.350. The quantitative estimate of drug-likeness (QED) is 0.890. The summed E-state index contributed by atoms with van der Waals surface area (Å²) in [6, 6.07) is 6.87. The second-order valence-electron chi connectivity index (χ2n) is 5.23. The topological polar surface area (TPSA) is 30.5 Å². The van der Waals surface area contributed by atoms with Crippen molar-refractivity contribution in [3.63, 3.8) is 0 Å². The molecular weight excluding hydrogens is 226 g/mol. The molecule has 0 saturated heterocycles. The molecule has 1 saturated carbocycles. The number of hydrogen-bond donors (Lipinski definition) is 1. The number of ether oxygens (including phenoxy) is 2. The van der Waals surface area contributed by atoms with Crippen LogP contribution in [0.4, 0.5) is 5.69 Å². The first-order valence-corrected chi connectivity index (χ1v) is 6.92. The molecule has 0 spiro atoms. The van der Waals surface area contributed by atoms with Gasteiger partial charge in [0.05, 0.1) is 18.8 Å². The lowest BCUT2D eigenvalue weighted by Crippen LogP contribution is -2.37. The highest BCUT2D eigenvalue weighted by Gasteiger charge is 2.25. The lowest BCUT2D eigenvalue weighted by molar-refractivity contribution is 0.0606. The Morgan fingerprint density at radius 3 is 3.06 bits per heavy atom. The average Bonchev–Trinajstić information content (AvgIpc) is 2.87. The van der Waals surface area contributed by atoms with Gasteiger partial charge in [-0.3, -0.25) is 0 Å². The van der Waals surface area contributed by atoms with Crippen LogP contribution in [0, 0.1) is 0 Å². The van der Waals surface area contributed by atoms with Crippen molar-refractivity contribution in [3.05, 3.63) is 23.8 Å². The van der Waals surface area contributed by atoms with E-state index >= 15 is 0 Å². The summed E-state index contributed by atoms with van der Waals surface area (Å²) in [5, 5.41) is 3.63. The van der Waals surface area contributed by atoms with Crippen molar-refractivity contribution in [3.8, 4) is 5.75 Å². The Morgan fingerprint density at radius 2 is 2.17 bits per heavy atom. The van der Waals surface area contributed by atoms with Gasteiger partial charge in [0.15, 0.2) is 0 Å². The van der Waals surface area contributed by atoms with Crippen molar-refractivity contribution >= 4 is 5.69 Å². The number of anilines is 1. The highest BCUT2D eigenvalue weighted by Crippen LogP contribution is 2.30. The molecule has 0 bridgehead atoms. The minimum absolute atomic E-state index is 0.350. The first kappa shape index (κ1) is 11.8. The van der Waals surface area contributed by atoms with Gasteiger partial charge >= 0.3 is 0 Å². The van der Waals surface area contributed by atoms with Crippen molar-refractivity contribution in [1.82, 2.24) is 0 Å². The maximum atomic E-state index is 5.58. The lowest BCUT2D eigenvalue weighted by Gasteiger charge is -2.31. The molecule has 0 radical (unpaired) electrons. The molecule has 1 aromatic rings. The molecule has 1 aromatic carbocycles. The van der Waals surface area contributed by atoms with Crippen LogP contribution in [-0.2, 0) is 11.2 Å². The van der Waals surface area contributed by atoms with E-state index in [2.05, 4.69) is 23.5 Å². The molecule has 3 rings (SSSR count). The standard InChI is InChI=1S/C15H21NO2/c1-17-15-5-3-2-4-13(15)16-12-6-7-14-11(10-12)8-9-18-14/h6-7,10,13,15-16H,2-5,8-9H2,1H3. The molecule has 2 aliphatic rings. The highest BCUT2D eigenvalue weighted by molar-refractivity contribution is 5.53. The molecule has 98 valence electrons. The van der Waals surface area contributed by atoms with Crippen molar-refractivity contribution in [2.24, 2.45) is 0 Å². The minimum Gasteiger partial charge on any atom is -0.493 e. The third-order valence-electron chi connectivity index (χ3n) is 4.05. The fourth-order valence-corrected chi connectivity index (χ4v) is 3.03. The number of benzene rings is 1. The molecule has 1 aliphatic carbocycles. The third-order valence-corrected chi connectivity index (χ3v) is 4.05. The van der Waals surface area contributed by atoms with E-state index in [9.17, 15) is 0 Å². The third kappa shape index (κ3) is 2.32. The molecular formula is C15H21NO2. The van der Waals surface area contributed by atoms with Crippen molar-refractivity contribution in [2.45, 2.75) is 44.2 Å². The molecule has 1 N–H and O–H groups in total. The van der Waals surface area contributed by atoms with Gasteiger partial charge in [-0.25, -0.2) is 0 Å². The molecule has 1 heterocycles. The van der Waals surface area contributed by atoms with Gasteiger partial charge in [0.1, 0.15) is 5.75 Å². The van der Waals surface area contributed by atoms with E-state index in [1.54, 1.807) is 0 Å². The summed E-state index contributed by atoms with van der Waals surface area (Å²) in [6.07, 6.45) is 6.33. The number of fused-ring (bicyclic) bond motifs is 1. The second-order valence-corrected chi connectivity index (χ2v) is 5.23. The van der Waals surface area contributed by atoms with Crippen LogP contribution in [0.15, 0.2) is 18.2 Å². The average molecular weight is 247 g/mol. The van der Waals surface area contributed by atoms with Crippen LogP contribution in [-0.4, -0.2) is 25.9 Å². The Balaban J connectivity index is 1.71. The van der Waals surface area contributed by atoms with Crippen molar-refractivity contribution < 1.29 is 9.47 Å². The van der Waals surface area contributed by atoms with Crippen LogP contribution < -0.4 is 10.1 Å². The zero-order valence-corrected chi connectivity index (χ0v) is 10.9. The Hall–Kier alpha value is -1.22. The fourth-order valence-electron chi connectivity index (χ4n) is 3.03. The van der Waals surface area contributed by atoms with Gasteiger partial charge in [0, 0.05) is 19.2 Å². The van der Waals surface area contributed by atoms with Gasteiger partial charge in [-0.1, -0.05) is 12.8 Å². The highest BCUT2D eigenvalue weighted by atomic mass is 16.5. The van der Waals surface area contributed by atoms with E-state index in [1.807, 2.05) is 7.11 Å². The normalized spacial score (nSPS) is 26.5. The molecule has 18 heavy (non-hydrogen) atoms. The maximum absolute atomic E-state index is 5.58. The molecule has 0 aromatic heterocycles. The Morgan fingerprint density at radius 1 is 1.28 bits per heavy atom. The van der Waals surface area contributed by atoms with E-state index < -0.39 is 0 Å². The van der Waals surface area contributed by atoms with Crippen LogP contribution in [0.5, 0.6) is 5.75 Å². The first-order chi connectivity index (χ1) is 8.86. The summed E-state index contributed by atoms with van der Waals surface area (Å²) in [7, 11) is 1.82. The number of rotatable bonds is 3. The Bertz CT molecular complexity index is 419. The van der Waals surface area contributed by atoms with E-state index in [0.29, 0.717) is 12.1 Å². The van der Waals surface area contributed by atoms with Gasteiger partial charge in [-0.05, 0) is 36.6 Å². The second kappa shape index (κ2) is 5.19. The predicted octanol–water partition coefficient (Wildman–Crippen LogP) is 2.99. The number of hydrogen-bond acceptors (Lipinski definition) is 3. The molecule has 3 nitrogen and oxygen atoms in total. The van der Waals surface area contributed by atoms with Gasteiger partial charge in [0.2, 0.25) is 0 Å². The van der Waals surface area contributed by atoms with Crippen LogP contribution >= 0.6 is 0 Å². The van der Waals surface area contributed by atoms with Gasteiger partial charge in [-0.2, -0.15) is 0 Å². The summed E-state index contributed by atoms with van der Waals surface area (Å²) in [6.45, 7) is 0.822. The van der Waals surface area contributed by atoms with E-state index in [-0.39, 0.29) is 0 Å². The monoisotopic (exact) mass is 247 g/mol. The van der Waals surface area contributed by atoms with E-state index in [4.69, 9.17) is 9.47 Å². The van der Waals surface area contributed by atoms with E-state index in [0.717, 1.165) is 18.8 Å². The number of methoxy groups -OCH3 is 1. The largest absolute Gasteiger partial charge is 0.493 e. The van der Waals surface area contributed by atoms with Crippen LogP contribution in [0.3, 0.4) is 0 Å². The molecule has 2 unspecified atom stereocenters. The maximum Gasteiger partial charge on any atom is 0.122 e. The lowest BCUT2D eigenvalue weighted by atomic mass is 9.92. The first-order valence-electron chi connectivity index (χ1n) is 6.92. The van der Waals surface area contributed by atoms with Crippen LogP contribution in [0.2, 0.25) is 0 Å². The van der Waals surface area contributed by atoms with Crippen molar-refractivity contribution in [1.29, 1.82) is 0 Å². The SMILES string of the molecule is COC1CCCCC1Nc1ccc2c(c1)CCO2. The molecule has 3 heteroatoms.